The summed E-state index contributed by atoms with van der Waals surface area (Å²) in [5.41, 5.74) is 0. The molecule has 0 spiro atoms. The maximum absolute atomic E-state index is 13.0. The van der Waals surface area contributed by atoms with Gasteiger partial charge in [-0.05, 0) is 49.2 Å². The highest BCUT2D eigenvalue weighted by atomic mass is 32.2. The van der Waals surface area contributed by atoms with Gasteiger partial charge in [0.05, 0.1) is 10.8 Å². The smallest absolute Gasteiger partial charge is 0.309 e. The lowest BCUT2D eigenvalue weighted by molar-refractivity contribution is -0.151. The first-order valence-corrected chi connectivity index (χ1v) is 12.3. The largest absolute Gasteiger partial charge is 0.457 e. The molecule has 0 amide bonds. The number of carbonyl (C=O) groups excluding carboxylic acids is 1. The molecule has 1 aliphatic heterocycles. The molecule has 31 heavy (non-hydrogen) atoms. The van der Waals surface area contributed by atoms with E-state index in [9.17, 15) is 26.0 Å². The van der Waals surface area contributed by atoms with Crippen molar-refractivity contribution in [1.82, 2.24) is 8.61 Å². The molecule has 0 aliphatic carbocycles. The summed E-state index contributed by atoms with van der Waals surface area (Å²) in [5, 5.41) is -0.247. The summed E-state index contributed by atoms with van der Waals surface area (Å²) >= 11 is 0. The minimum Gasteiger partial charge on any atom is -0.457 e. The fourth-order valence-corrected chi connectivity index (χ4v) is 5.38. The number of hydrogen-bond donors (Lipinski definition) is 0. The summed E-state index contributed by atoms with van der Waals surface area (Å²) in [7, 11) is -4.73. The Morgan fingerprint density at radius 2 is 1.71 bits per heavy atom. The third kappa shape index (κ3) is 5.14. The van der Waals surface area contributed by atoms with Crippen LogP contribution in [0.1, 0.15) is 18.6 Å². The lowest BCUT2D eigenvalue weighted by Crippen LogP contribution is -2.40. The summed E-state index contributed by atoms with van der Waals surface area (Å²) in [6.45, 7) is 0.0345. The molecule has 170 valence electrons. The zero-order valence-corrected chi connectivity index (χ0v) is 18.7. The Morgan fingerprint density at radius 3 is 2.29 bits per heavy atom. The van der Waals surface area contributed by atoms with Gasteiger partial charge in [-0.15, -0.1) is 0 Å². The van der Waals surface area contributed by atoms with Gasteiger partial charge in [0.25, 0.3) is 10.0 Å². The van der Waals surface area contributed by atoms with Crippen molar-refractivity contribution < 1.29 is 35.2 Å². The average Bonchev–Trinajstić information content (AvgIpc) is 3.22. The van der Waals surface area contributed by atoms with E-state index in [1.54, 1.807) is 0 Å². The Kier molecular flexibility index (Phi) is 6.84. The molecule has 1 aliphatic rings. The number of sulfonamides is 2. The molecular formula is C19H23FN2O7S2. The van der Waals surface area contributed by atoms with Crippen LogP contribution >= 0.6 is 0 Å². The molecule has 0 bridgehead atoms. The summed E-state index contributed by atoms with van der Waals surface area (Å²) in [6, 6.07) is 7.29. The van der Waals surface area contributed by atoms with Crippen LogP contribution in [0.2, 0.25) is 0 Å². The molecular weight excluding hydrogens is 451 g/mol. The number of piperidine rings is 1. The molecule has 0 saturated carbocycles. The van der Waals surface area contributed by atoms with Gasteiger partial charge >= 0.3 is 5.97 Å². The van der Waals surface area contributed by atoms with E-state index in [1.165, 1.54) is 42.7 Å². The molecule has 0 atom stereocenters. The van der Waals surface area contributed by atoms with E-state index in [0.717, 1.165) is 16.4 Å². The van der Waals surface area contributed by atoms with Crippen LogP contribution in [-0.2, 0) is 36.2 Å². The van der Waals surface area contributed by atoms with Crippen molar-refractivity contribution in [3.8, 4) is 0 Å². The number of benzene rings is 1. The van der Waals surface area contributed by atoms with Crippen LogP contribution in [0.15, 0.2) is 50.8 Å². The maximum atomic E-state index is 13.0. The third-order valence-electron chi connectivity index (χ3n) is 4.97. The number of halogens is 1. The van der Waals surface area contributed by atoms with Gasteiger partial charge in [0.1, 0.15) is 18.2 Å². The normalized spacial score (nSPS) is 16.5. The minimum absolute atomic E-state index is 0.00349. The lowest BCUT2D eigenvalue weighted by atomic mass is 9.98. The van der Waals surface area contributed by atoms with Gasteiger partial charge in [-0.3, -0.25) is 4.79 Å². The van der Waals surface area contributed by atoms with Gasteiger partial charge in [0.2, 0.25) is 15.1 Å². The summed E-state index contributed by atoms with van der Waals surface area (Å²) in [6.07, 6.45) is 0.551. The second kappa shape index (κ2) is 9.07. The van der Waals surface area contributed by atoms with Crippen molar-refractivity contribution in [2.75, 3.05) is 27.2 Å². The Bertz CT molecular complexity index is 1130. The molecule has 2 heterocycles. The summed E-state index contributed by atoms with van der Waals surface area (Å²) in [5.74, 6) is -1.33. The van der Waals surface area contributed by atoms with Crippen molar-refractivity contribution in [3.05, 3.63) is 48.0 Å². The van der Waals surface area contributed by atoms with E-state index < -0.39 is 37.8 Å². The predicted molar refractivity (Wildman–Crippen MR) is 107 cm³/mol. The van der Waals surface area contributed by atoms with Gasteiger partial charge in [-0.2, -0.15) is 4.31 Å². The van der Waals surface area contributed by atoms with Crippen molar-refractivity contribution in [1.29, 1.82) is 0 Å². The number of ether oxygens (including phenoxy) is 1. The van der Waals surface area contributed by atoms with Crippen LogP contribution in [0, 0.1) is 11.7 Å². The van der Waals surface area contributed by atoms with Gasteiger partial charge in [-0.1, -0.05) is 0 Å². The van der Waals surface area contributed by atoms with Crippen molar-refractivity contribution in [2.24, 2.45) is 5.92 Å². The molecule has 1 aromatic carbocycles. The van der Waals surface area contributed by atoms with E-state index in [-0.39, 0.29) is 48.3 Å². The zero-order chi connectivity index (χ0) is 22.8. The number of carbonyl (C=O) groups is 1. The van der Waals surface area contributed by atoms with Crippen molar-refractivity contribution in [3.63, 3.8) is 0 Å². The molecule has 0 radical (unpaired) electrons. The minimum atomic E-state index is -3.76. The van der Waals surface area contributed by atoms with E-state index in [0.29, 0.717) is 0 Å². The predicted octanol–water partition coefficient (Wildman–Crippen LogP) is 1.81. The van der Waals surface area contributed by atoms with Gasteiger partial charge in [0, 0.05) is 27.2 Å². The molecule has 0 N–H and O–H groups in total. The van der Waals surface area contributed by atoms with Crippen LogP contribution < -0.4 is 0 Å². The molecule has 1 saturated heterocycles. The van der Waals surface area contributed by atoms with Gasteiger partial charge < -0.3 is 9.15 Å². The lowest BCUT2D eigenvalue weighted by Gasteiger charge is -2.30. The number of furan rings is 1. The maximum Gasteiger partial charge on any atom is 0.309 e. The Morgan fingerprint density at radius 1 is 1.10 bits per heavy atom. The van der Waals surface area contributed by atoms with Gasteiger partial charge in [0.15, 0.2) is 0 Å². The van der Waals surface area contributed by atoms with Crippen LogP contribution in [0.3, 0.4) is 0 Å². The van der Waals surface area contributed by atoms with Crippen LogP contribution in [0.25, 0.3) is 0 Å². The molecule has 12 heteroatoms. The van der Waals surface area contributed by atoms with Crippen LogP contribution in [-0.4, -0.2) is 58.6 Å². The average molecular weight is 475 g/mol. The second-order valence-corrected chi connectivity index (χ2v) is 11.3. The highest BCUT2D eigenvalue weighted by Crippen LogP contribution is 2.25. The molecule has 0 unspecified atom stereocenters. The Balaban J connectivity index is 1.54. The molecule has 2 aromatic rings. The molecule has 1 fully saturated rings. The second-order valence-electron chi connectivity index (χ2n) is 7.25. The first kappa shape index (κ1) is 23.4. The topological polar surface area (TPSA) is 114 Å². The number of hydrogen-bond acceptors (Lipinski definition) is 7. The Hall–Kier alpha value is -2.28. The SMILES string of the molecule is CN(C)S(=O)(=O)c1ccc(COC(=O)C2CCN(S(=O)(=O)c3ccc(F)cc3)CC2)o1. The van der Waals surface area contributed by atoms with E-state index >= 15 is 0 Å². The van der Waals surface area contributed by atoms with E-state index in [4.69, 9.17) is 9.15 Å². The quantitative estimate of drug-likeness (QED) is 0.562. The number of esters is 1. The van der Waals surface area contributed by atoms with Crippen molar-refractivity contribution >= 4 is 26.0 Å². The molecule has 1 aromatic heterocycles. The van der Waals surface area contributed by atoms with Crippen molar-refractivity contribution in [2.45, 2.75) is 29.4 Å². The first-order valence-electron chi connectivity index (χ1n) is 9.45. The monoisotopic (exact) mass is 474 g/mol. The molecule has 3 rings (SSSR count). The summed E-state index contributed by atoms with van der Waals surface area (Å²) < 4.78 is 75.1. The van der Waals surface area contributed by atoms with Gasteiger partial charge in [-0.25, -0.2) is 25.5 Å². The van der Waals surface area contributed by atoms with Crippen LogP contribution in [0.5, 0.6) is 0 Å². The zero-order valence-electron chi connectivity index (χ0n) is 17.0. The highest BCUT2D eigenvalue weighted by molar-refractivity contribution is 7.89. The first-order chi connectivity index (χ1) is 14.5. The summed E-state index contributed by atoms with van der Waals surface area (Å²) in [4.78, 5) is 12.3. The molecule has 9 nitrogen and oxygen atoms in total. The number of rotatable bonds is 7. The highest BCUT2D eigenvalue weighted by Gasteiger charge is 2.33. The van der Waals surface area contributed by atoms with Crippen LogP contribution in [0.4, 0.5) is 4.39 Å². The third-order valence-corrected chi connectivity index (χ3v) is 8.57. The van der Waals surface area contributed by atoms with E-state index in [1.807, 2.05) is 0 Å². The number of nitrogens with zero attached hydrogens (tertiary/aromatic N) is 2. The van der Waals surface area contributed by atoms with E-state index in [2.05, 4.69) is 0 Å². The fraction of sp³-hybridized carbons (Fsp3) is 0.421. The fourth-order valence-electron chi connectivity index (χ4n) is 3.10. The standard InChI is InChI=1S/C19H23FN2O7S2/c1-21(2)31(26,27)18-8-5-16(29-18)13-28-19(23)14-9-11-22(12-10-14)30(24,25)17-6-3-15(20)4-7-17/h3-8,14H,9-13H2,1-2H3. The Labute approximate surface area is 180 Å².